The van der Waals surface area contributed by atoms with Crippen LogP contribution in [0.1, 0.15) is 21.5 Å². The Hall–Kier alpha value is -3.40. The highest BCUT2D eigenvalue weighted by Crippen LogP contribution is 2.24. The zero-order valence-corrected chi connectivity index (χ0v) is 14.5. The summed E-state index contributed by atoms with van der Waals surface area (Å²) in [5.41, 5.74) is 3.73. The van der Waals surface area contributed by atoms with Gasteiger partial charge in [-0.15, -0.1) is 0 Å². The lowest BCUT2D eigenvalue weighted by atomic mass is 10.1. The Morgan fingerprint density at radius 2 is 1.31 bits per heavy atom. The summed E-state index contributed by atoms with van der Waals surface area (Å²) in [5.74, 6) is -0.271. The summed E-state index contributed by atoms with van der Waals surface area (Å²) in [6.45, 7) is 1.87. The molecule has 4 heteroatoms. The molecule has 130 valence electrons. The van der Waals surface area contributed by atoms with Crippen LogP contribution >= 0.6 is 0 Å². The number of hydrogen-bond donors (Lipinski definition) is 2. The smallest absolute Gasteiger partial charge is 0.255 e. The van der Waals surface area contributed by atoms with Crippen LogP contribution in [0.5, 0.6) is 0 Å². The first-order valence-corrected chi connectivity index (χ1v) is 8.43. The van der Waals surface area contributed by atoms with Crippen molar-refractivity contribution in [2.45, 2.75) is 13.3 Å². The van der Waals surface area contributed by atoms with Crippen LogP contribution < -0.4 is 10.6 Å². The van der Waals surface area contributed by atoms with Crippen LogP contribution in [0.3, 0.4) is 0 Å². The molecule has 0 spiro atoms. The highest BCUT2D eigenvalue weighted by Gasteiger charge is 2.11. The molecular weight excluding hydrogens is 324 g/mol. The maximum absolute atomic E-state index is 12.3. The van der Waals surface area contributed by atoms with Gasteiger partial charge in [-0.2, -0.15) is 0 Å². The maximum atomic E-state index is 12.3. The number of nitrogens with one attached hydrogen (secondary N) is 2. The third-order valence-electron chi connectivity index (χ3n) is 4.10. The molecule has 0 aliphatic rings. The molecular formula is C22H20N2O2. The molecule has 0 aliphatic heterocycles. The fraction of sp³-hybridized carbons (Fsp3) is 0.0909. The molecule has 0 atom stereocenters. The van der Waals surface area contributed by atoms with Gasteiger partial charge in [0, 0.05) is 16.9 Å². The van der Waals surface area contributed by atoms with E-state index in [1.54, 1.807) is 12.1 Å². The Morgan fingerprint density at radius 3 is 1.96 bits per heavy atom. The average Bonchev–Trinajstić information content (AvgIpc) is 2.66. The summed E-state index contributed by atoms with van der Waals surface area (Å²) < 4.78 is 0. The van der Waals surface area contributed by atoms with Crippen LogP contribution in [-0.2, 0) is 11.2 Å². The Balaban J connectivity index is 1.71. The van der Waals surface area contributed by atoms with Gasteiger partial charge in [-0.05, 0) is 42.3 Å². The molecule has 3 aromatic carbocycles. The average molecular weight is 344 g/mol. The monoisotopic (exact) mass is 344 g/mol. The second-order valence-corrected chi connectivity index (χ2v) is 6.01. The standard InChI is InChI=1S/C22H20N2O2/c1-16-19(23-21(25)15-17-9-4-2-5-10-17)13-8-14-20(16)24-22(26)18-11-6-3-7-12-18/h2-14H,15H2,1H3,(H,23,25)(H,24,26). The molecule has 0 radical (unpaired) electrons. The molecule has 0 aliphatic carbocycles. The lowest BCUT2D eigenvalue weighted by molar-refractivity contribution is -0.115. The van der Waals surface area contributed by atoms with Crippen LogP contribution in [0.15, 0.2) is 78.9 Å². The fourth-order valence-electron chi connectivity index (χ4n) is 2.67. The fourth-order valence-corrected chi connectivity index (χ4v) is 2.67. The molecule has 0 heterocycles. The summed E-state index contributed by atoms with van der Waals surface area (Å²) in [7, 11) is 0. The SMILES string of the molecule is Cc1c(NC(=O)Cc2ccccc2)cccc1NC(=O)c1ccccc1. The molecule has 3 rings (SSSR count). The van der Waals surface area contributed by atoms with Crippen molar-refractivity contribution in [2.75, 3.05) is 10.6 Å². The molecule has 3 aromatic rings. The number of benzene rings is 3. The third kappa shape index (κ3) is 4.36. The van der Waals surface area contributed by atoms with Gasteiger partial charge in [0.25, 0.3) is 5.91 Å². The van der Waals surface area contributed by atoms with E-state index in [1.165, 1.54) is 0 Å². The molecule has 0 saturated carbocycles. The minimum Gasteiger partial charge on any atom is -0.325 e. The summed E-state index contributed by atoms with van der Waals surface area (Å²) in [6.07, 6.45) is 0.306. The molecule has 0 aromatic heterocycles. The Morgan fingerprint density at radius 1 is 0.731 bits per heavy atom. The Bertz CT molecular complexity index is 906. The molecule has 2 N–H and O–H groups in total. The molecule has 0 saturated heterocycles. The molecule has 26 heavy (non-hydrogen) atoms. The molecule has 0 fully saturated rings. The van der Waals surface area contributed by atoms with Crippen LogP contribution in [0, 0.1) is 6.92 Å². The number of hydrogen-bond acceptors (Lipinski definition) is 2. The first kappa shape index (κ1) is 17.4. The highest BCUT2D eigenvalue weighted by atomic mass is 16.2. The van der Waals surface area contributed by atoms with Crippen LogP contribution in [0.25, 0.3) is 0 Å². The van der Waals surface area contributed by atoms with Gasteiger partial charge in [-0.1, -0.05) is 54.6 Å². The Labute approximate surface area is 152 Å². The van der Waals surface area contributed by atoms with Gasteiger partial charge in [0.15, 0.2) is 0 Å². The zero-order valence-electron chi connectivity index (χ0n) is 14.5. The predicted molar refractivity (Wildman–Crippen MR) is 104 cm³/mol. The first-order valence-electron chi connectivity index (χ1n) is 8.43. The van der Waals surface area contributed by atoms with Crippen LogP contribution in [-0.4, -0.2) is 11.8 Å². The van der Waals surface area contributed by atoms with Crippen molar-refractivity contribution in [3.05, 3.63) is 95.6 Å². The number of amides is 2. The third-order valence-corrected chi connectivity index (χ3v) is 4.10. The van der Waals surface area contributed by atoms with E-state index >= 15 is 0 Å². The van der Waals surface area contributed by atoms with Gasteiger partial charge in [0.1, 0.15) is 0 Å². The Kier molecular flexibility index (Phi) is 5.44. The summed E-state index contributed by atoms with van der Waals surface area (Å²) in [6, 6.07) is 24.1. The second-order valence-electron chi connectivity index (χ2n) is 6.01. The highest BCUT2D eigenvalue weighted by molar-refractivity contribution is 6.05. The van der Waals surface area contributed by atoms with Gasteiger partial charge in [0.2, 0.25) is 5.91 Å². The van der Waals surface area contributed by atoms with Gasteiger partial charge in [-0.3, -0.25) is 9.59 Å². The van der Waals surface area contributed by atoms with E-state index in [2.05, 4.69) is 10.6 Å². The van der Waals surface area contributed by atoms with Crippen molar-refractivity contribution >= 4 is 23.2 Å². The van der Waals surface area contributed by atoms with Gasteiger partial charge in [0.05, 0.1) is 6.42 Å². The van der Waals surface area contributed by atoms with Crippen molar-refractivity contribution < 1.29 is 9.59 Å². The van der Waals surface area contributed by atoms with E-state index in [0.717, 1.165) is 11.1 Å². The van der Waals surface area contributed by atoms with Crippen LogP contribution in [0.4, 0.5) is 11.4 Å². The number of rotatable bonds is 5. The van der Waals surface area contributed by atoms with Crippen molar-refractivity contribution in [1.82, 2.24) is 0 Å². The minimum atomic E-state index is -0.179. The van der Waals surface area contributed by atoms with Gasteiger partial charge < -0.3 is 10.6 Å². The molecule has 2 amide bonds. The normalized spacial score (nSPS) is 10.2. The van der Waals surface area contributed by atoms with Crippen LogP contribution in [0.2, 0.25) is 0 Å². The predicted octanol–water partition coefficient (Wildman–Crippen LogP) is 4.43. The number of carbonyl (C=O) groups excluding carboxylic acids is 2. The summed E-state index contributed by atoms with van der Waals surface area (Å²) in [4.78, 5) is 24.6. The van der Waals surface area contributed by atoms with E-state index in [1.807, 2.05) is 73.7 Å². The van der Waals surface area contributed by atoms with E-state index in [4.69, 9.17) is 0 Å². The molecule has 4 nitrogen and oxygen atoms in total. The largest absolute Gasteiger partial charge is 0.325 e. The topological polar surface area (TPSA) is 58.2 Å². The lowest BCUT2D eigenvalue weighted by Crippen LogP contribution is -2.17. The second kappa shape index (κ2) is 8.12. The number of carbonyl (C=O) groups is 2. The van der Waals surface area contributed by atoms with E-state index < -0.39 is 0 Å². The van der Waals surface area contributed by atoms with Crippen molar-refractivity contribution in [3.8, 4) is 0 Å². The minimum absolute atomic E-state index is 0.0918. The van der Waals surface area contributed by atoms with Gasteiger partial charge in [-0.25, -0.2) is 0 Å². The molecule has 0 unspecified atom stereocenters. The molecule has 0 bridgehead atoms. The number of anilines is 2. The van der Waals surface area contributed by atoms with Crippen molar-refractivity contribution in [3.63, 3.8) is 0 Å². The van der Waals surface area contributed by atoms with E-state index in [-0.39, 0.29) is 11.8 Å². The van der Waals surface area contributed by atoms with Crippen molar-refractivity contribution in [2.24, 2.45) is 0 Å². The zero-order chi connectivity index (χ0) is 18.4. The summed E-state index contributed by atoms with van der Waals surface area (Å²) in [5, 5.41) is 5.82. The maximum Gasteiger partial charge on any atom is 0.255 e. The van der Waals surface area contributed by atoms with Gasteiger partial charge >= 0.3 is 0 Å². The van der Waals surface area contributed by atoms with E-state index in [0.29, 0.717) is 23.4 Å². The first-order chi connectivity index (χ1) is 12.6. The lowest BCUT2D eigenvalue weighted by Gasteiger charge is -2.13. The van der Waals surface area contributed by atoms with Crippen molar-refractivity contribution in [1.29, 1.82) is 0 Å². The quantitative estimate of drug-likeness (QED) is 0.719. The summed E-state index contributed by atoms with van der Waals surface area (Å²) >= 11 is 0. The van der Waals surface area contributed by atoms with E-state index in [9.17, 15) is 9.59 Å².